The summed E-state index contributed by atoms with van der Waals surface area (Å²) in [6.45, 7) is 16.3. The lowest BCUT2D eigenvalue weighted by atomic mass is 9.91. The number of rotatable bonds is 11. The maximum Gasteiger partial charge on any atom is 0.200 e. The van der Waals surface area contributed by atoms with E-state index in [1.54, 1.807) is 19.9 Å². The van der Waals surface area contributed by atoms with Crippen molar-refractivity contribution in [2.75, 3.05) is 6.61 Å². The number of halogens is 3. The molecule has 152 valence electrons. The molecular weight excluding hydrogens is 361 g/mol. The molecule has 1 aromatic rings. The zero-order valence-corrected chi connectivity index (χ0v) is 16.9. The molecule has 0 N–H and O–H groups in total. The van der Waals surface area contributed by atoms with Gasteiger partial charge >= 0.3 is 0 Å². The summed E-state index contributed by atoms with van der Waals surface area (Å²) < 4.78 is 46.8. The molecule has 0 fully saturated rings. The molecule has 0 aliphatic carbocycles. The summed E-state index contributed by atoms with van der Waals surface area (Å²) in [7, 11) is 0. The van der Waals surface area contributed by atoms with Crippen molar-refractivity contribution in [1.29, 1.82) is 0 Å². The van der Waals surface area contributed by atoms with Gasteiger partial charge < -0.3 is 4.74 Å². The van der Waals surface area contributed by atoms with Crippen molar-refractivity contribution in [3.63, 3.8) is 0 Å². The summed E-state index contributed by atoms with van der Waals surface area (Å²) in [5.74, 6) is -2.79. The Labute approximate surface area is 166 Å². The Bertz CT molecular complexity index is 774. The Balaban J connectivity index is 2.64. The van der Waals surface area contributed by atoms with Gasteiger partial charge in [0.1, 0.15) is 5.82 Å². The van der Waals surface area contributed by atoms with Crippen LogP contribution >= 0.6 is 0 Å². The van der Waals surface area contributed by atoms with Crippen molar-refractivity contribution in [2.45, 2.75) is 33.6 Å². The number of allylic oxidation sites excluding steroid dienone is 4. The average Bonchev–Trinajstić information content (AvgIpc) is 2.68. The second-order valence-corrected chi connectivity index (χ2v) is 6.81. The highest BCUT2D eigenvalue weighted by atomic mass is 19.2. The lowest BCUT2D eigenvalue weighted by Gasteiger charge is -2.16. The first-order valence-corrected chi connectivity index (χ1v) is 9.37. The van der Waals surface area contributed by atoms with Gasteiger partial charge in [-0.25, -0.2) is 8.78 Å². The summed E-state index contributed by atoms with van der Waals surface area (Å²) in [5, 5.41) is 0. The molecule has 1 nitrogen and oxygen atoms in total. The maximum absolute atomic E-state index is 14.2. The summed E-state index contributed by atoms with van der Waals surface area (Å²) in [6.07, 6.45) is 6.69. The molecule has 0 heterocycles. The average molecular weight is 390 g/mol. The van der Waals surface area contributed by atoms with E-state index in [-0.39, 0.29) is 35.6 Å². The highest BCUT2D eigenvalue weighted by Gasteiger charge is 2.19. The van der Waals surface area contributed by atoms with Gasteiger partial charge in [0.2, 0.25) is 0 Å². The molecule has 0 bridgehead atoms. The maximum atomic E-state index is 14.2. The molecule has 0 aromatic heterocycles. The zero-order chi connectivity index (χ0) is 21.3. The summed E-state index contributed by atoms with van der Waals surface area (Å²) in [5.41, 5.74) is 1.32. The Hall–Kier alpha value is -2.49. The summed E-state index contributed by atoms with van der Waals surface area (Å²) >= 11 is 0. The van der Waals surface area contributed by atoms with Gasteiger partial charge in [-0.15, -0.1) is 0 Å². The third-order valence-corrected chi connectivity index (χ3v) is 4.55. The Morgan fingerprint density at radius 1 is 1.14 bits per heavy atom. The minimum atomic E-state index is -1.10. The topological polar surface area (TPSA) is 9.23 Å². The highest BCUT2D eigenvalue weighted by Crippen LogP contribution is 2.30. The number of ether oxygens (including phenoxy) is 1. The van der Waals surface area contributed by atoms with Gasteiger partial charge in [0.15, 0.2) is 17.4 Å². The third kappa shape index (κ3) is 6.91. The van der Waals surface area contributed by atoms with Crippen molar-refractivity contribution < 1.29 is 17.9 Å². The van der Waals surface area contributed by atoms with Gasteiger partial charge in [-0.3, -0.25) is 0 Å². The molecule has 0 saturated heterocycles. The Kier molecular flexibility index (Phi) is 9.57. The van der Waals surface area contributed by atoms with Crippen LogP contribution in [-0.4, -0.2) is 6.61 Å². The minimum Gasteiger partial charge on any atom is -0.491 e. The molecule has 2 unspecified atom stereocenters. The fourth-order valence-electron chi connectivity index (χ4n) is 2.59. The first-order valence-electron chi connectivity index (χ1n) is 9.37. The van der Waals surface area contributed by atoms with Crippen molar-refractivity contribution in [3.8, 4) is 0 Å². The fraction of sp³-hybridized carbons (Fsp3) is 0.333. The lowest BCUT2D eigenvalue weighted by molar-refractivity contribution is 0.223. The number of benzene rings is 1. The molecule has 0 aliphatic rings. The summed E-state index contributed by atoms with van der Waals surface area (Å²) in [6, 6.07) is 4.96. The van der Waals surface area contributed by atoms with Crippen molar-refractivity contribution in [1.82, 2.24) is 0 Å². The molecule has 0 radical (unpaired) electrons. The van der Waals surface area contributed by atoms with Crippen LogP contribution < -0.4 is 0 Å². The predicted molar refractivity (Wildman–Crippen MR) is 112 cm³/mol. The molecular formula is C24H29F3O. The van der Waals surface area contributed by atoms with Gasteiger partial charge in [0, 0.05) is 5.56 Å². The molecule has 0 saturated carbocycles. The largest absolute Gasteiger partial charge is 0.491 e. The molecule has 0 amide bonds. The molecule has 1 rings (SSSR count). The first-order chi connectivity index (χ1) is 13.2. The van der Waals surface area contributed by atoms with E-state index in [1.807, 2.05) is 25.1 Å². The van der Waals surface area contributed by atoms with Crippen molar-refractivity contribution in [3.05, 3.63) is 83.9 Å². The normalized spacial score (nSPS) is 14.4. The predicted octanol–water partition coefficient (Wildman–Crippen LogP) is 7.79. The van der Waals surface area contributed by atoms with E-state index < -0.39 is 11.7 Å². The highest BCUT2D eigenvalue weighted by molar-refractivity contribution is 5.55. The quantitative estimate of drug-likeness (QED) is 0.277. The lowest BCUT2D eigenvalue weighted by Crippen LogP contribution is -2.04. The van der Waals surface area contributed by atoms with Crippen molar-refractivity contribution in [2.24, 2.45) is 11.8 Å². The van der Waals surface area contributed by atoms with E-state index in [9.17, 15) is 13.2 Å². The van der Waals surface area contributed by atoms with Crippen LogP contribution in [0.4, 0.5) is 13.2 Å². The summed E-state index contributed by atoms with van der Waals surface area (Å²) in [4.78, 5) is 0. The third-order valence-electron chi connectivity index (χ3n) is 4.55. The van der Waals surface area contributed by atoms with Gasteiger partial charge in [-0.1, -0.05) is 63.9 Å². The van der Waals surface area contributed by atoms with E-state index in [2.05, 4.69) is 19.7 Å². The van der Waals surface area contributed by atoms with Gasteiger partial charge in [-0.05, 0) is 48.8 Å². The number of hydrogen-bond donors (Lipinski definition) is 0. The minimum absolute atomic E-state index is 0.0941. The van der Waals surface area contributed by atoms with Gasteiger partial charge in [0.25, 0.3) is 0 Å². The zero-order valence-electron chi connectivity index (χ0n) is 16.9. The van der Waals surface area contributed by atoms with Crippen LogP contribution in [-0.2, 0) is 4.74 Å². The molecule has 2 atom stereocenters. The molecule has 28 heavy (non-hydrogen) atoms. The van der Waals surface area contributed by atoms with Crippen LogP contribution in [0.15, 0.2) is 67.0 Å². The molecule has 0 aliphatic heterocycles. The van der Waals surface area contributed by atoms with Gasteiger partial charge in [0.05, 0.1) is 6.61 Å². The molecule has 1 aromatic carbocycles. The SMILES string of the molecule is C=Cc1ccc(/C=C/C(C)CCC(C)C(=C)/C(F)=C(/F)C(=C)OCC)cc1F. The molecule has 0 spiro atoms. The smallest absolute Gasteiger partial charge is 0.200 e. The molecule has 4 heteroatoms. The van der Waals surface area contributed by atoms with Crippen LogP contribution in [0.1, 0.15) is 44.7 Å². The van der Waals surface area contributed by atoms with Crippen LogP contribution in [0.5, 0.6) is 0 Å². The van der Waals surface area contributed by atoms with E-state index in [0.717, 1.165) is 12.0 Å². The monoisotopic (exact) mass is 390 g/mol. The van der Waals surface area contributed by atoms with E-state index in [4.69, 9.17) is 4.74 Å². The van der Waals surface area contributed by atoms with Gasteiger partial charge in [-0.2, -0.15) is 4.39 Å². The Morgan fingerprint density at radius 3 is 2.39 bits per heavy atom. The van der Waals surface area contributed by atoms with Crippen LogP contribution in [0, 0.1) is 17.7 Å². The van der Waals surface area contributed by atoms with E-state index >= 15 is 0 Å². The van der Waals surface area contributed by atoms with E-state index in [1.165, 1.54) is 12.1 Å². The fourth-order valence-corrected chi connectivity index (χ4v) is 2.59. The van der Waals surface area contributed by atoms with Crippen LogP contribution in [0.3, 0.4) is 0 Å². The second-order valence-electron chi connectivity index (χ2n) is 6.81. The van der Waals surface area contributed by atoms with Crippen molar-refractivity contribution >= 4 is 12.2 Å². The standard InChI is InChI=1S/C24H29F3O/c1-7-21-14-13-20(15-22(21)25)12-10-16(3)9-11-17(4)18(5)23(26)24(27)19(6)28-8-2/h7,10,12-17H,1,5-6,8-9,11H2,2-4H3/b12-10+,24-23-. The Morgan fingerprint density at radius 2 is 1.82 bits per heavy atom. The van der Waals surface area contributed by atoms with Crippen LogP contribution in [0.25, 0.3) is 12.2 Å². The van der Waals surface area contributed by atoms with E-state index in [0.29, 0.717) is 12.0 Å². The second kappa shape index (κ2) is 11.4. The number of hydrogen-bond acceptors (Lipinski definition) is 1. The first kappa shape index (κ1) is 23.5. The van der Waals surface area contributed by atoms with Crippen LogP contribution in [0.2, 0.25) is 0 Å².